The molecule has 1 aliphatic carbocycles. The van der Waals surface area contributed by atoms with Crippen LogP contribution in [0.1, 0.15) is 0 Å². The molecule has 1 nitrogen and oxygen atoms in total. The summed E-state index contributed by atoms with van der Waals surface area (Å²) in [5.74, 6) is 0. The molecule has 0 bridgehead atoms. The molecule has 0 saturated heterocycles. The maximum atomic E-state index is 6.75. The quantitative estimate of drug-likeness (QED) is 0.400. The highest BCUT2D eigenvalue weighted by Gasteiger charge is 1.96. The Morgan fingerprint density at radius 2 is 2.33 bits per heavy atom. The third-order valence-corrected chi connectivity index (χ3v) is 1.13. The van der Waals surface area contributed by atoms with Crippen LogP contribution in [0, 0.1) is 5.41 Å². The van der Waals surface area contributed by atoms with Gasteiger partial charge in [-0.25, -0.2) is 0 Å². The summed E-state index contributed by atoms with van der Waals surface area (Å²) in [6.07, 6.45) is 6.55. The minimum Gasteiger partial charge on any atom is -0.309 e. The van der Waals surface area contributed by atoms with E-state index in [1.807, 2.05) is 6.08 Å². The first kappa shape index (κ1) is 5.80. The number of nitrogens with one attached hydrogen (secondary N) is 1. The summed E-state index contributed by atoms with van der Waals surface area (Å²) in [6, 6.07) is 0. The Bertz CT molecular complexity index is 237. The Morgan fingerprint density at radius 3 is 2.78 bits per heavy atom. The molecule has 44 valence electrons. The molecule has 1 aliphatic rings. The van der Waals surface area contributed by atoms with E-state index in [9.17, 15) is 0 Å². The maximum Gasteiger partial charge on any atom is 0.0184 e. The standard InChI is InChI=1S/C8H7N/c1-7-3-2-4-8(7)5-6-9/h3-6,9H,1H2/b8-5-,9-6?. The zero-order chi connectivity index (χ0) is 6.69. The average Bonchev–Trinajstić information content (AvgIpc) is 2.18. The molecule has 0 fully saturated rings. The van der Waals surface area contributed by atoms with Gasteiger partial charge in [-0.3, -0.25) is 0 Å². The first-order chi connectivity index (χ1) is 4.34. The van der Waals surface area contributed by atoms with Crippen LogP contribution >= 0.6 is 0 Å². The fourth-order valence-corrected chi connectivity index (χ4v) is 0.653. The largest absolute Gasteiger partial charge is 0.309 e. The van der Waals surface area contributed by atoms with E-state index < -0.39 is 0 Å². The van der Waals surface area contributed by atoms with Crippen LogP contribution in [0.4, 0.5) is 0 Å². The molecule has 0 aromatic carbocycles. The van der Waals surface area contributed by atoms with Crippen LogP contribution < -0.4 is 0 Å². The van der Waals surface area contributed by atoms with Gasteiger partial charge in [-0.1, -0.05) is 6.58 Å². The Balaban J connectivity index is 2.89. The number of hydrogen-bond donors (Lipinski definition) is 1. The molecule has 0 aliphatic heterocycles. The van der Waals surface area contributed by atoms with Crippen molar-refractivity contribution >= 4 is 6.21 Å². The first-order valence-corrected chi connectivity index (χ1v) is 2.67. The lowest BCUT2D eigenvalue weighted by atomic mass is 10.1. The molecule has 1 rings (SSSR count). The Kier molecular flexibility index (Phi) is 1.48. The van der Waals surface area contributed by atoms with E-state index in [1.54, 1.807) is 12.2 Å². The van der Waals surface area contributed by atoms with Crippen molar-refractivity contribution < 1.29 is 0 Å². The molecule has 0 amide bonds. The second-order valence-electron chi connectivity index (χ2n) is 1.77. The van der Waals surface area contributed by atoms with Gasteiger partial charge in [-0.15, -0.1) is 5.73 Å². The zero-order valence-electron chi connectivity index (χ0n) is 5.02. The Hall–Kier alpha value is -1.33. The minimum absolute atomic E-state index is 0.929. The molecule has 1 heteroatoms. The average molecular weight is 117 g/mol. The lowest BCUT2D eigenvalue weighted by Crippen LogP contribution is -1.74. The summed E-state index contributed by atoms with van der Waals surface area (Å²) in [5.41, 5.74) is 4.79. The molecule has 9 heavy (non-hydrogen) atoms. The van der Waals surface area contributed by atoms with Crippen LogP contribution in [0.5, 0.6) is 0 Å². The first-order valence-electron chi connectivity index (χ1n) is 2.67. The van der Waals surface area contributed by atoms with E-state index in [0.29, 0.717) is 0 Å². The van der Waals surface area contributed by atoms with Gasteiger partial charge in [0.15, 0.2) is 0 Å². The predicted octanol–water partition coefficient (Wildman–Crippen LogP) is 1.84. The zero-order valence-corrected chi connectivity index (χ0v) is 5.02. The topological polar surface area (TPSA) is 23.9 Å². The van der Waals surface area contributed by atoms with Crippen molar-refractivity contribution in [3.05, 3.63) is 41.7 Å². The second-order valence-corrected chi connectivity index (χ2v) is 1.77. The third-order valence-electron chi connectivity index (χ3n) is 1.13. The lowest BCUT2D eigenvalue weighted by molar-refractivity contribution is 1.56. The van der Waals surface area contributed by atoms with Crippen molar-refractivity contribution in [1.82, 2.24) is 0 Å². The molecule has 1 N–H and O–H groups in total. The summed E-state index contributed by atoms with van der Waals surface area (Å²) >= 11 is 0. The summed E-state index contributed by atoms with van der Waals surface area (Å²) in [6.45, 7) is 3.73. The van der Waals surface area contributed by atoms with Gasteiger partial charge in [0, 0.05) is 6.21 Å². The van der Waals surface area contributed by atoms with Crippen LogP contribution in [-0.2, 0) is 0 Å². The number of allylic oxidation sites excluding steroid dienone is 4. The van der Waals surface area contributed by atoms with Gasteiger partial charge in [0.1, 0.15) is 0 Å². The monoisotopic (exact) mass is 117 g/mol. The van der Waals surface area contributed by atoms with E-state index in [4.69, 9.17) is 5.41 Å². The normalized spacial score (nSPS) is 19.6. The van der Waals surface area contributed by atoms with E-state index >= 15 is 0 Å². The van der Waals surface area contributed by atoms with Gasteiger partial charge in [0.05, 0.1) is 0 Å². The van der Waals surface area contributed by atoms with Crippen molar-refractivity contribution in [1.29, 1.82) is 5.41 Å². The van der Waals surface area contributed by atoms with E-state index in [-0.39, 0.29) is 0 Å². The van der Waals surface area contributed by atoms with Crippen molar-refractivity contribution in [3.63, 3.8) is 0 Å². The molecular weight excluding hydrogens is 110 g/mol. The highest BCUT2D eigenvalue weighted by atomic mass is 14.3. The molecule has 0 atom stereocenters. The highest BCUT2D eigenvalue weighted by molar-refractivity contribution is 5.73. The summed E-state index contributed by atoms with van der Waals surface area (Å²) in [7, 11) is 0. The molecule has 0 aromatic rings. The summed E-state index contributed by atoms with van der Waals surface area (Å²) in [4.78, 5) is 0. The lowest BCUT2D eigenvalue weighted by Gasteiger charge is -1.89. The van der Waals surface area contributed by atoms with Crippen LogP contribution in [0.15, 0.2) is 41.7 Å². The maximum absolute atomic E-state index is 6.75. The molecule has 0 heterocycles. The smallest absolute Gasteiger partial charge is 0.0184 e. The van der Waals surface area contributed by atoms with Crippen molar-refractivity contribution in [2.24, 2.45) is 0 Å². The van der Waals surface area contributed by atoms with Crippen LogP contribution in [0.3, 0.4) is 0 Å². The fraction of sp³-hybridized carbons (Fsp3) is 0. The fourth-order valence-electron chi connectivity index (χ4n) is 0.653. The molecule has 0 unspecified atom stereocenters. The molecule has 0 radical (unpaired) electrons. The summed E-state index contributed by atoms with van der Waals surface area (Å²) in [5, 5.41) is 6.75. The van der Waals surface area contributed by atoms with Gasteiger partial charge in [0.2, 0.25) is 0 Å². The van der Waals surface area contributed by atoms with Crippen molar-refractivity contribution in [2.75, 3.05) is 0 Å². The van der Waals surface area contributed by atoms with Gasteiger partial charge in [-0.05, 0) is 29.4 Å². The molecule has 0 saturated carbocycles. The van der Waals surface area contributed by atoms with Crippen LogP contribution in [0.25, 0.3) is 0 Å². The highest BCUT2D eigenvalue weighted by Crippen LogP contribution is 2.13. The Labute approximate surface area is 54.2 Å². The van der Waals surface area contributed by atoms with Crippen molar-refractivity contribution in [2.45, 2.75) is 0 Å². The third kappa shape index (κ3) is 1.07. The minimum atomic E-state index is 0.929. The van der Waals surface area contributed by atoms with Gasteiger partial charge < -0.3 is 5.41 Å². The van der Waals surface area contributed by atoms with Gasteiger partial charge in [0.25, 0.3) is 0 Å². The van der Waals surface area contributed by atoms with Gasteiger partial charge >= 0.3 is 0 Å². The molecule has 0 spiro atoms. The van der Waals surface area contributed by atoms with Crippen LogP contribution in [-0.4, -0.2) is 6.21 Å². The van der Waals surface area contributed by atoms with Crippen LogP contribution in [0.2, 0.25) is 0 Å². The van der Waals surface area contributed by atoms with E-state index in [2.05, 4.69) is 12.3 Å². The number of hydrogen-bond acceptors (Lipinski definition) is 1. The summed E-state index contributed by atoms with van der Waals surface area (Å²) < 4.78 is 0. The molecule has 0 aromatic heterocycles. The Morgan fingerprint density at radius 1 is 1.56 bits per heavy atom. The number of rotatable bonds is 1. The van der Waals surface area contributed by atoms with E-state index in [1.165, 1.54) is 6.21 Å². The molecular formula is C8H7N. The van der Waals surface area contributed by atoms with E-state index in [0.717, 1.165) is 11.1 Å². The van der Waals surface area contributed by atoms with Gasteiger partial charge in [-0.2, -0.15) is 0 Å². The second kappa shape index (κ2) is 2.29. The predicted molar refractivity (Wildman–Crippen MR) is 38.7 cm³/mol. The SMILES string of the molecule is C=C1C=C=C/C1=C/C=N. The van der Waals surface area contributed by atoms with Crippen molar-refractivity contribution in [3.8, 4) is 0 Å².